The molecule has 0 fully saturated rings. The zero-order chi connectivity index (χ0) is 12.1. The maximum Gasteiger partial charge on any atom is 0.0393 e. The highest BCUT2D eigenvalue weighted by Gasteiger charge is 2.02. The van der Waals surface area contributed by atoms with Gasteiger partial charge in [0.1, 0.15) is 0 Å². The van der Waals surface area contributed by atoms with Crippen molar-refractivity contribution in [3.8, 4) is 0 Å². The minimum absolute atomic E-state index is 0.887. The van der Waals surface area contributed by atoms with Gasteiger partial charge in [-0.05, 0) is 29.9 Å². The van der Waals surface area contributed by atoms with E-state index in [0.29, 0.717) is 0 Å². The first-order valence-corrected chi connectivity index (χ1v) is 6.59. The first kappa shape index (κ1) is 12.0. The Balaban J connectivity index is 2.19. The number of nitrogen functional groups attached to an aromatic ring is 1. The summed E-state index contributed by atoms with van der Waals surface area (Å²) in [6.07, 6.45) is 6.41. The molecule has 2 N–H and O–H groups in total. The highest BCUT2D eigenvalue weighted by molar-refractivity contribution is 5.94. The molecule has 0 spiro atoms. The second kappa shape index (κ2) is 5.72. The Morgan fingerprint density at radius 1 is 0.882 bits per heavy atom. The second-order valence-corrected chi connectivity index (χ2v) is 4.67. The Morgan fingerprint density at radius 2 is 1.65 bits per heavy atom. The Bertz CT molecular complexity index is 488. The number of hydrogen-bond acceptors (Lipinski definition) is 1. The van der Waals surface area contributed by atoms with E-state index in [0.717, 1.165) is 5.69 Å². The van der Waals surface area contributed by atoms with Crippen molar-refractivity contribution >= 4 is 16.5 Å². The largest absolute Gasteiger partial charge is 0.398 e. The minimum atomic E-state index is 0.887. The monoisotopic (exact) mass is 227 g/mol. The second-order valence-electron chi connectivity index (χ2n) is 4.67. The van der Waals surface area contributed by atoms with Crippen LogP contribution in [0.2, 0.25) is 0 Å². The Labute approximate surface area is 104 Å². The molecule has 2 aromatic rings. The van der Waals surface area contributed by atoms with Crippen LogP contribution in [0.25, 0.3) is 10.8 Å². The maximum absolute atomic E-state index is 6.00. The fourth-order valence-electron chi connectivity index (χ4n) is 2.36. The molecule has 0 atom stereocenters. The molecule has 0 heterocycles. The highest BCUT2D eigenvalue weighted by Crippen LogP contribution is 2.25. The topological polar surface area (TPSA) is 26.0 Å². The molecule has 1 heteroatoms. The lowest BCUT2D eigenvalue weighted by Gasteiger charge is -2.08. The molecule has 0 bridgehead atoms. The molecule has 0 aliphatic heterocycles. The van der Waals surface area contributed by atoms with Gasteiger partial charge in [-0.2, -0.15) is 0 Å². The van der Waals surface area contributed by atoms with Crippen molar-refractivity contribution in [2.75, 3.05) is 5.73 Å². The molecule has 90 valence electrons. The van der Waals surface area contributed by atoms with Crippen LogP contribution in [0.15, 0.2) is 36.4 Å². The van der Waals surface area contributed by atoms with Crippen molar-refractivity contribution in [1.82, 2.24) is 0 Å². The van der Waals surface area contributed by atoms with E-state index in [4.69, 9.17) is 5.73 Å². The van der Waals surface area contributed by atoms with Gasteiger partial charge in [0.15, 0.2) is 0 Å². The van der Waals surface area contributed by atoms with Crippen molar-refractivity contribution in [1.29, 1.82) is 0 Å². The summed E-state index contributed by atoms with van der Waals surface area (Å²) in [5, 5.41) is 2.52. The van der Waals surface area contributed by atoms with Crippen LogP contribution in [-0.4, -0.2) is 0 Å². The van der Waals surface area contributed by atoms with Gasteiger partial charge >= 0.3 is 0 Å². The van der Waals surface area contributed by atoms with Gasteiger partial charge in [-0.15, -0.1) is 0 Å². The third-order valence-electron chi connectivity index (χ3n) is 3.35. The van der Waals surface area contributed by atoms with Gasteiger partial charge in [0, 0.05) is 11.1 Å². The van der Waals surface area contributed by atoms with Gasteiger partial charge in [0.2, 0.25) is 0 Å². The molecule has 0 unspecified atom stereocenters. The lowest BCUT2D eigenvalue weighted by atomic mass is 9.98. The van der Waals surface area contributed by atoms with E-state index in [1.165, 1.54) is 48.4 Å². The maximum atomic E-state index is 6.00. The van der Waals surface area contributed by atoms with Crippen LogP contribution in [0, 0.1) is 0 Å². The van der Waals surface area contributed by atoms with Crippen molar-refractivity contribution in [2.45, 2.75) is 39.0 Å². The van der Waals surface area contributed by atoms with Gasteiger partial charge in [-0.1, -0.05) is 56.5 Å². The third kappa shape index (κ3) is 2.79. The van der Waals surface area contributed by atoms with Crippen LogP contribution in [0.5, 0.6) is 0 Å². The molecule has 0 aliphatic carbocycles. The van der Waals surface area contributed by atoms with Crippen LogP contribution in [-0.2, 0) is 6.42 Å². The van der Waals surface area contributed by atoms with Gasteiger partial charge in [-0.3, -0.25) is 0 Å². The van der Waals surface area contributed by atoms with E-state index in [9.17, 15) is 0 Å². The molecule has 2 aromatic carbocycles. The first-order chi connectivity index (χ1) is 8.33. The van der Waals surface area contributed by atoms with E-state index in [1.54, 1.807) is 0 Å². The van der Waals surface area contributed by atoms with Gasteiger partial charge in [0.05, 0.1) is 0 Å². The predicted octanol–water partition coefficient (Wildman–Crippen LogP) is 4.54. The fourth-order valence-corrected chi connectivity index (χ4v) is 2.36. The van der Waals surface area contributed by atoms with Crippen LogP contribution >= 0.6 is 0 Å². The quantitative estimate of drug-likeness (QED) is 0.588. The zero-order valence-electron chi connectivity index (χ0n) is 10.6. The number of benzene rings is 2. The summed E-state index contributed by atoms with van der Waals surface area (Å²) in [7, 11) is 0. The van der Waals surface area contributed by atoms with E-state index in [2.05, 4.69) is 31.2 Å². The van der Waals surface area contributed by atoms with E-state index in [1.807, 2.05) is 12.1 Å². The number of rotatable bonds is 5. The summed E-state index contributed by atoms with van der Waals surface area (Å²) in [4.78, 5) is 0. The van der Waals surface area contributed by atoms with Gasteiger partial charge in [0.25, 0.3) is 0 Å². The van der Waals surface area contributed by atoms with Crippen molar-refractivity contribution in [3.63, 3.8) is 0 Å². The normalized spacial score (nSPS) is 10.9. The lowest BCUT2D eigenvalue weighted by Crippen LogP contribution is -1.91. The standard InChI is InChI=1S/C16H21N/c1-2-3-4-5-8-13-9-6-11-15-14(13)10-7-12-16(15)17/h6-7,9-12H,2-5,8,17H2,1H3. The smallest absolute Gasteiger partial charge is 0.0393 e. The molecular formula is C16H21N. The number of aryl methyl sites for hydroxylation is 1. The van der Waals surface area contributed by atoms with E-state index < -0.39 is 0 Å². The number of fused-ring (bicyclic) bond motifs is 1. The summed E-state index contributed by atoms with van der Waals surface area (Å²) in [5.41, 5.74) is 8.32. The fraction of sp³-hybridized carbons (Fsp3) is 0.375. The van der Waals surface area contributed by atoms with Crippen molar-refractivity contribution < 1.29 is 0 Å². The van der Waals surface area contributed by atoms with E-state index in [-0.39, 0.29) is 0 Å². The zero-order valence-corrected chi connectivity index (χ0v) is 10.6. The predicted molar refractivity (Wildman–Crippen MR) is 76.2 cm³/mol. The SMILES string of the molecule is CCCCCCc1cccc2c(N)cccc12. The average Bonchev–Trinajstić information content (AvgIpc) is 2.36. The molecule has 0 saturated heterocycles. The summed E-state index contributed by atoms with van der Waals surface area (Å²) in [6, 6.07) is 12.7. The van der Waals surface area contributed by atoms with Crippen LogP contribution in [0.3, 0.4) is 0 Å². The molecule has 0 aliphatic rings. The molecule has 0 radical (unpaired) electrons. The Kier molecular flexibility index (Phi) is 4.03. The molecule has 0 amide bonds. The molecule has 0 aromatic heterocycles. The number of nitrogens with two attached hydrogens (primary N) is 1. The summed E-state index contributed by atoms with van der Waals surface area (Å²) in [6.45, 7) is 2.25. The van der Waals surface area contributed by atoms with Gasteiger partial charge in [-0.25, -0.2) is 0 Å². The summed E-state index contributed by atoms with van der Waals surface area (Å²) in [5.74, 6) is 0. The minimum Gasteiger partial charge on any atom is -0.398 e. The molecule has 2 rings (SSSR count). The molecule has 17 heavy (non-hydrogen) atoms. The van der Waals surface area contributed by atoms with Crippen LogP contribution in [0.1, 0.15) is 38.2 Å². The molecular weight excluding hydrogens is 206 g/mol. The van der Waals surface area contributed by atoms with Crippen molar-refractivity contribution in [3.05, 3.63) is 42.0 Å². The Morgan fingerprint density at radius 3 is 2.47 bits per heavy atom. The number of unbranched alkanes of at least 4 members (excludes halogenated alkanes) is 3. The first-order valence-electron chi connectivity index (χ1n) is 6.59. The highest BCUT2D eigenvalue weighted by atomic mass is 14.5. The summed E-state index contributed by atoms with van der Waals surface area (Å²) >= 11 is 0. The third-order valence-corrected chi connectivity index (χ3v) is 3.35. The van der Waals surface area contributed by atoms with E-state index >= 15 is 0 Å². The van der Waals surface area contributed by atoms with Crippen LogP contribution in [0.4, 0.5) is 5.69 Å². The summed E-state index contributed by atoms with van der Waals surface area (Å²) < 4.78 is 0. The van der Waals surface area contributed by atoms with Crippen LogP contribution < -0.4 is 5.73 Å². The van der Waals surface area contributed by atoms with Gasteiger partial charge < -0.3 is 5.73 Å². The van der Waals surface area contributed by atoms with Crippen molar-refractivity contribution in [2.24, 2.45) is 0 Å². The molecule has 1 nitrogen and oxygen atoms in total. The number of hydrogen-bond donors (Lipinski definition) is 1. The lowest BCUT2D eigenvalue weighted by molar-refractivity contribution is 0.668. The average molecular weight is 227 g/mol. The number of anilines is 1. The molecule has 0 saturated carbocycles. The Hall–Kier alpha value is -1.50.